The molecule has 0 unspecified atom stereocenters. The number of aromatic nitrogens is 3. The van der Waals surface area contributed by atoms with Gasteiger partial charge in [-0.05, 0) is 52.7 Å². The van der Waals surface area contributed by atoms with E-state index in [9.17, 15) is 4.79 Å². The van der Waals surface area contributed by atoms with E-state index in [1.165, 1.54) is 0 Å². The van der Waals surface area contributed by atoms with E-state index >= 15 is 0 Å². The van der Waals surface area contributed by atoms with Crippen molar-refractivity contribution in [3.63, 3.8) is 0 Å². The molecule has 2 heterocycles. The molecule has 2 aromatic carbocycles. The molecule has 0 bridgehead atoms. The number of halogens is 1. The van der Waals surface area contributed by atoms with E-state index in [1.54, 1.807) is 23.1 Å². The standard InChI is InChI=1S/C22H17BrN4O/c1-15-18(14-25-27(15)20-10-6-5-9-19(20)23)22(28)26-21-12-11-17(13-24-21)16-7-3-2-4-8-16/h2-14H,1H3,(H,24,26,28). The largest absolute Gasteiger partial charge is 0.306 e. The molecule has 0 aliphatic carbocycles. The van der Waals surface area contributed by atoms with Gasteiger partial charge in [0.25, 0.3) is 5.91 Å². The van der Waals surface area contributed by atoms with Gasteiger partial charge < -0.3 is 5.32 Å². The van der Waals surface area contributed by atoms with Gasteiger partial charge in [0, 0.05) is 16.2 Å². The summed E-state index contributed by atoms with van der Waals surface area (Å²) in [5, 5.41) is 7.21. The van der Waals surface area contributed by atoms with Crippen molar-refractivity contribution >= 4 is 27.7 Å². The minimum absolute atomic E-state index is 0.240. The highest BCUT2D eigenvalue weighted by atomic mass is 79.9. The molecule has 0 aliphatic heterocycles. The van der Waals surface area contributed by atoms with Gasteiger partial charge in [0.1, 0.15) is 5.82 Å². The highest BCUT2D eigenvalue weighted by Gasteiger charge is 2.16. The lowest BCUT2D eigenvalue weighted by molar-refractivity contribution is 0.102. The van der Waals surface area contributed by atoms with E-state index in [-0.39, 0.29) is 5.91 Å². The van der Waals surface area contributed by atoms with Gasteiger partial charge in [-0.2, -0.15) is 5.10 Å². The number of benzene rings is 2. The minimum Gasteiger partial charge on any atom is -0.306 e. The first-order valence-electron chi connectivity index (χ1n) is 8.76. The van der Waals surface area contributed by atoms with Crippen molar-refractivity contribution in [2.24, 2.45) is 0 Å². The SMILES string of the molecule is Cc1c(C(=O)Nc2ccc(-c3ccccc3)cn2)cnn1-c1ccccc1Br. The summed E-state index contributed by atoms with van der Waals surface area (Å²) in [6.07, 6.45) is 3.32. The first-order chi connectivity index (χ1) is 13.6. The predicted octanol–water partition coefficient (Wildman–Crippen LogP) is 5.26. The molecule has 2 aromatic heterocycles. The highest BCUT2D eigenvalue weighted by molar-refractivity contribution is 9.10. The first-order valence-corrected chi connectivity index (χ1v) is 9.55. The molecule has 0 aliphatic rings. The van der Waals surface area contributed by atoms with Crippen LogP contribution in [0.5, 0.6) is 0 Å². The molecule has 138 valence electrons. The second-order valence-electron chi connectivity index (χ2n) is 6.26. The quantitative estimate of drug-likeness (QED) is 0.478. The molecule has 0 saturated heterocycles. The van der Waals surface area contributed by atoms with Crippen LogP contribution in [0, 0.1) is 6.92 Å². The van der Waals surface area contributed by atoms with Gasteiger partial charge in [0.05, 0.1) is 23.1 Å². The molecule has 1 N–H and O–H groups in total. The second-order valence-corrected chi connectivity index (χ2v) is 7.11. The molecule has 0 saturated carbocycles. The topological polar surface area (TPSA) is 59.8 Å². The lowest BCUT2D eigenvalue weighted by Gasteiger charge is -2.08. The summed E-state index contributed by atoms with van der Waals surface area (Å²) in [6.45, 7) is 1.87. The van der Waals surface area contributed by atoms with E-state index in [1.807, 2.05) is 67.6 Å². The van der Waals surface area contributed by atoms with Gasteiger partial charge >= 0.3 is 0 Å². The summed E-state index contributed by atoms with van der Waals surface area (Å²) < 4.78 is 2.65. The fraction of sp³-hybridized carbons (Fsp3) is 0.0455. The molecule has 0 radical (unpaired) electrons. The predicted molar refractivity (Wildman–Crippen MR) is 114 cm³/mol. The van der Waals surface area contributed by atoms with Crippen molar-refractivity contribution in [3.05, 3.63) is 94.9 Å². The average molecular weight is 433 g/mol. The van der Waals surface area contributed by atoms with Gasteiger partial charge in [-0.15, -0.1) is 0 Å². The Balaban J connectivity index is 1.54. The van der Waals surface area contributed by atoms with Gasteiger partial charge in [0.15, 0.2) is 0 Å². The van der Waals surface area contributed by atoms with Crippen LogP contribution in [0.3, 0.4) is 0 Å². The van der Waals surface area contributed by atoms with Gasteiger partial charge in [0.2, 0.25) is 0 Å². The number of anilines is 1. The number of carbonyl (C=O) groups is 1. The molecular weight excluding hydrogens is 416 g/mol. The van der Waals surface area contributed by atoms with E-state index in [0.717, 1.165) is 27.0 Å². The lowest BCUT2D eigenvalue weighted by Crippen LogP contribution is -2.14. The Morgan fingerprint density at radius 3 is 2.39 bits per heavy atom. The Bertz CT molecular complexity index is 1120. The average Bonchev–Trinajstić information content (AvgIpc) is 3.11. The molecular formula is C22H17BrN4O. The Kier molecular flexibility index (Phi) is 5.04. The number of rotatable bonds is 4. The van der Waals surface area contributed by atoms with Gasteiger partial charge in [-0.25, -0.2) is 9.67 Å². The summed E-state index contributed by atoms with van der Waals surface area (Å²) >= 11 is 3.52. The van der Waals surface area contributed by atoms with E-state index in [4.69, 9.17) is 0 Å². The van der Waals surface area contributed by atoms with Crippen LogP contribution in [0.1, 0.15) is 16.1 Å². The highest BCUT2D eigenvalue weighted by Crippen LogP contribution is 2.23. The van der Waals surface area contributed by atoms with Crippen molar-refractivity contribution in [2.75, 3.05) is 5.32 Å². The van der Waals surface area contributed by atoms with Crippen LogP contribution in [-0.2, 0) is 0 Å². The number of pyridine rings is 1. The third-order valence-corrected chi connectivity index (χ3v) is 5.12. The zero-order chi connectivity index (χ0) is 19.5. The molecule has 4 aromatic rings. The lowest BCUT2D eigenvalue weighted by atomic mass is 10.1. The van der Waals surface area contributed by atoms with Crippen molar-refractivity contribution in [1.29, 1.82) is 0 Å². The van der Waals surface area contributed by atoms with Crippen LogP contribution in [0.4, 0.5) is 5.82 Å². The molecule has 1 amide bonds. The number of amides is 1. The number of nitrogens with one attached hydrogen (secondary N) is 1. The Morgan fingerprint density at radius 2 is 1.68 bits per heavy atom. The van der Waals surface area contributed by atoms with Crippen LogP contribution >= 0.6 is 15.9 Å². The Labute approximate surface area is 171 Å². The maximum atomic E-state index is 12.7. The third-order valence-electron chi connectivity index (χ3n) is 4.45. The van der Waals surface area contributed by atoms with Crippen LogP contribution in [0.25, 0.3) is 16.8 Å². The normalized spacial score (nSPS) is 10.6. The fourth-order valence-corrected chi connectivity index (χ4v) is 3.40. The summed E-state index contributed by atoms with van der Waals surface area (Å²) in [6, 6.07) is 21.5. The molecule has 0 atom stereocenters. The molecule has 4 rings (SSSR count). The molecule has 5 nitrogen and oxygen atoms in total. The third kappa shape index (κ3) is 3.59. The summed E-state index contributed by atoms with van der Waals surface area (Å²) in [5.41, 5.74) is 4.22. The van der Waals surface area contributed by atoms with Crippen molar-refractivity contribution in [2.45, 2.75) is 6.92 Å². The van der Waals surface area contributed by atoms with Gasteiger partial charge in [-0.3, -0.25) is 4.79 Å². The number of hydrogen-bond donors (Lipinski definition) is 1. The van der Waals surface area contributed by atoms with Crippen molar-refractivity contribution in [3.8, 4) is 16.8 Å². The van der Waals surface area contributed by atoms with Crippen LogP contribution < -0.4 is 5.32 Å². The zero-order valence-corrected chi connectivity index (χ0v) is 16.7. The molecule has 28 heavy (non-hydrogen) atoms. The number of para-hydroxylation sites is 1. The zero-order valence-electron chi connectivity index (χ0n) is 15.1. The van der Waals surface area contributed by atoms with Crippen molar-refractivity contribution < 1.29 is 4.79 Å². The summed E-state index contributed by atoms with van der Waals surface area (Å²) in [7, 11) is 0. The van der Waals surface area contributed by atoms with E-state index < -0.39 is 0 Å². The van der Waals surface area contributed by atoms with Crippen LogP contribution in [0.2, 0.25) is 0 Å². The number of nitrogens with zero attached hydrogens (tertiary/aromatic N) is 3. The molecule has 0 spiro atoms. The Hall–Kier alpha value is -3.25. The molecule has 0 fully saturated rings. The van der Waals surface area contributed by atoms with Gasteiger partial charge in [-0.1, -0.05) is 42.5 Å². The number of carbonyl (C=O) groups excluding carboxylic acids is 1. The summed E-state index contributed by atoms with van der Waals surface area (Å²) in [4.78, 5) is 17.1. The maximum Gasteiger partial charge on any atom is 0.260 e. The molecule has 6 heteroatoms. The van der Waals surface area contributed by atoms with Crippen LogP contribution in [-0.4, -0.2) is 20.7 Å². The fourth-order valence-electron chi connectivity index (χ4n) is 2.95. The first kappa shape index (κ1) is 18.1. The maximum absolute atomic E-state index is 12.7. The van der Waals surface area contributed by atoms with Crippen molar-refractivity contribution in [1.82, 2.24) is 14.8 Å². The smallest absolute Gasteiger partial charge is 0.260 e. The number of hydrogen-bond acceptors (Lipinski definition) is 3. The summed E-state index contributed by atoms with van der Waals surface area (Å²) in [5.74, 6) is 0.258. The monoisotopic (exact) mass is 432 g/mol. The second kappa shape index (κ2) is 7.78. The van der Waals surface area contributed by atoms with E-state index in [2.05, 4.69) is 31.3 Å². The Morgan fingerprint density at radius 1 is 0.929 bits per heavy atom. The van der Waals surface area contributed by atoms with Crippen LogP contribution in [0.15, 0.2) is 83.6 Å². The minimum atomic E-state index is -0.240. The van der Waals surface area contributed by atoms with E-state index in [0.29, 0.717) is 11.4 Å².